The van der Waals surface area contributed by atoms with Crippen LogP contribution in [0.25, 0.3) is 11.3 Å². The summed E-state index contributed by atoms with van der Waals surface area (Å²) in [7, 11) is 0. The SMILES string of the molecule is Cc1nccc(-c2cccc(NC3CCN(c4ccc5c(c4)OCCO5)CC3)c2)n1. The van der Waals surface area contributed by atoms with Gasteiger partial charge in [-0.05, 0) is 50.1 Å². The number of hydrogen-bond acceptors (Lipinski definition) is 6. The smallest absolute Gasteiger partial charge is 0.163 e. The second-order valence-electron chi connectivity index (χ2n) is 7.80. The van der Waals surface area contributed by atoms with Crippen molar-refractivity contribution >= 4 is 11.4 Å². The molecule has 0 unspecified atom stereocenters. The van der Waals surface area contributed by atoms with Crippen LogP contribution in [0.1, 0.15) is 18.7 Å². The largest absolute Gasteiger partial charge is 0.486 e. The topological polar surface area (TPSA) is 59.5 Å². The van der Waals surface area contributed by atoms with E-state index in [9.17, 15) is 0 Å². The Labute approximate surface area is 176 Å². The van der Waals surface area contributed by atoms with Crippen LogP contribution in [0.15, 0.2) is 54.7 Å². The Morgan fingerprint density at radius 3 is 2.63 bits per heavy atom. The third-order valence-corrected chi connectivity index (χ3v) is 5.69. The zero-order valence-corrected chi connectivity index (χ0v) is 17.2. The van der Waals surface area contributed by atoms with Crippen LogP contribution in [-0.2, 0) is 0 Å². The van der Waals surface area contributed by atoms with Gasteiger partial charge in [-0.25, -0.2) is 9.97 Å². The molecule has 6 nitrogen and oxygen atoms in total. The summed E-state index contributed by atoms with van der Waals surface area (Å²) in [6, 6.07) is 17.2. The predicted molar refractivity (Wildman–Crippen MR) is 118 cm³/mol. The number of benzene rings is 2. The van der Waals surface area contributed by atoms with E-state index in [-0.39, 0.29) is 0 Å². The number of hydrogen-bond donors (Lipinski definition) is 1. The van der Waals surface area contributed by atoms with Gasteiger partial charge in [-0.3, -0.25) is 0 Å². The first-order valence-corrected chi connectivity index (χ1v) is 10.6. The number of fused-ring (bicyclic) bond motifs is 1. The van der Waals surface area contributed by atoms with Crippen LogP contribution in [0.5, 0.6) is 11.5 Å². The summed E-state index contributed by atoms with van der Waals surface area (Å²) >= 11 is 0. The van der Waals surface area contributed by atoms with Crippen molar-refractivity contribution in [3.8, 4) is 22.8 Å². The predicted octanol–water partition coefficient (Wildman–Crippen LogP) is 4.30. The molecule has 5 rings (SSSR count). The van der Waals surface area contributed by atoms with Gasteiger partial charge < -0.3 is 19.7 Å². The van der Waals surface area contributed by atoms with Gasteiger partial charge in [0.2, 0.25) is 0 Å². The summed E-state index contributed by atoms with van der Waals surface area (Å²) in [6.07, 6.45) is 3.99. The van der Waals surface area contributed by atoms with E-state index >= 15 is 0 Å². The fourth-order valence-electron chi connectivity index (χ4n) is 4.13. The number of anilines is 2. The van der Waals surface area contributed by atoms with Crippen molar-refractivity contribution in [3.63, 3.8) is 0 Å². The Morgan fingerprint density at radius 2 is 1.80 bits per heavy atom. The van der Waals surface area contributed by atoms with Crippen LogP contribution in [0.3, 0.4) is 0 Å². The number of aryl methyl sites for hydroxylation is 1. The molecule has 0 bridgehead atoms. The zero-order chi connectivity index (χ0) is 20.3. The Bertz CT molecular complexity index is 1030. The number of piperidine rings is 1. The molecule has 2 aromatic carbocycles. The fourth-order valence-corrected chi connectivity index (χ4v) is 4.13. The van der Waals surface area contributed by atoms with Crippen LogP contribution in [0, 0.1) is 6.92 Å². The van der Waals surface area contributed by atoms with Crippen molar-refractivity contribution in [3.05, 3.63) is 60.6 Å². The van der Waals surface area contributed by atoms with Gasteiger partial charge in [0.1, 0.15) is 19.0 Å². The van der Waals surface area contributed by atoms with E-state index in [2.05, 4.69) is 56.6 Å². The highest BCUT2D eigenvalue weighted by Crippen LogP contribution is 2.35. The van der Waals surface area contributed by atoms with Gasteiger partial charge in [-0.2, -0.15) is 0 Å². The van der Waals surface area contributed by atoms with Crippen LogP contribution in [0.2, 0.25) is 0 Å². The highest BCUT2D eigenvalue weighted by atomic mass is 16.6. The summed E-state index contributed by atoms with van der Waals surface area (Å²) in [5.74, 6) is 2.49. The molecule has 0 saturated carbocycles. The van der Waals surface area contributed by atoms with Gasteiger partial charge in [0, 0.05) is 48.3 Å². The van der Waals surface area contributed by atoms with Crippen molar-refractivity contribution in [1.29, 1.82) is 0 Å². The van der Waals surface area contributed by atoms with Crippen molar-refractivity contribution in [2.75, 3.05) is 36.5 Å². The summed E-state index contributed by atoms with van der Waals surface area (Å²) < 4.78 is 11.4. The summed E-state index contributed by atoms with van der Waals surface area (Å²) in [5, 5.41) is 3.71. The molecule has 2 aliphatic rings. The van der Waals surface area contributed by atoms with Gasteiger partial charge in [0.05, 0.1) is 5.69 Å². The van der Waals surface area contributed by atoms with Crippen molar-refractivity contribution in [2.45, 2.75) is 25.8 Å². The van der Waals surface area contributed by atoms with Gasteiger partial charge in [-0.15, -0.1) is 0 Å². The first-order valence-electron chi connectivity index (χ1n) is 10.6. The second-order valence-corrected chi connectivity index (χ2v) is 7.80. The molecule has 1 fully saturated rings. The second kappa shape index (κ2) is 8.22. The van der Waals surface area contributed by atoms with Crippen LogP contribution in [-0.4, -0.2) is 42.3 Å². The molecule has 2 aliphatic heterocycles. The highest BCUT2D eigenvalue weighted by molar-refractivity contribution is 5.65. The molecule has 6 heteroatoms. The Morgan fingerprint density at radius 1 is 0.967 bits per heavy atom. The highest BCUT2D eigenvalue weighted by Gasteiger charge is 2.21. The molecule has 0 atom stereocenters. The minimum Gasteiger partial charge on any atom is -0.486 e. The molecule has 3 aromatic rings. The van der Waals surface area contributed by atoms with E-state index in [1.165, 1.54) is 5.69 Å². The first-order chi connectivity index (χ1) is 14.7. The van der Waals surface area contributed by atoms with Crippen molar-refractivity contribution in [1.82, 2.24) is 9.97 Å². The van der Waals surface area contributed by atoms with Crippen LogP contribution >= 0.6 is 0 Å². The number of nitrogens with zero attached hydrogens (tertiary/aromatic N) is 3. The van der Waals surface area contributed by atoms with E-state index in [0.717, 1.165) is 60.2 Å². The molecule has 1 N–H and O–H groups in total. The monoisotopic (exact) mass is 402 g/mol. The molecule has 3 heterocycles. The number of aromatic nitrogens is 2. The maximum Gasteiger partial charge on any atom is 0.163 e. The molecule has 1 aromatic heterocycles. The summed E-state index contributed by atoms with van der Waals surface area (Å²) in [5.41, 5.74) is 4.42. The number of nitrogens with one attached hydrogen (secondary N) is 1. The third kappa shape index (κ3) is 4.03. The first kappa shape index (κ1) is 18.7. The Hall–Kier alpha value is -3.28. The molecular weight excluding hydrogens is 376 g/mol. The molecular formula is C24H26N4O2. The Kier molecular flexibility index (Phi) is 5.13. The van der Waals surface area contributed by atoms with E-state index in [0.29, 0.717) is 19.3 Å². The lowest BCUT2D eigenvalue weighted by atomic mass is 10.0. The van der Waals surface area contributed by atoms with Crippen molar-refractivity contribution in [2.24, 2.45) is 0 Å². The van der Waals surface area contributed by atoms with Crippen LogP contribution < -0.4 is 19.7 Å². The van der Waals surface area contributed by atoms with E-state index < -0.39 is 0 Å². The summed E-state index contributed by atoms with van der Waals surface area (Å²) in [4.78, 5) is 11.2. The quantitative estimate of drug-likeness (QED) is 0.702. The number of ether oxygens (including phenoxy) is 2. The lowest BCUT2D eigenvalue weighted by Crippen LogP contribution is -2.39. The molecule has 30 heavy (non-hydrogen) atoms. The molecule has 0 amide bonds. The fraction of sp³-hybridized carbons (Fsp3) is 0.333. The molecule has 0 aliphatic carbocycles. The van der Waals surface area contributed by atoms with E-state index in [1.54, 1.807) is 0 Å². The maximum absolute atomic E-state index is 5.74. The average molecular weight is 402 g/mol. The van der Waals surface area contributed by atoms with E-state index in [4.69, 9.17) is 9.47 Å². The lowest BCUT2D eigenvalue weighted by Gasteiger charge is -2.35. The molecule has 0 spiro atoms. The Balaban J connectivity index is 1.22. The third-order valence-electron chi connectivity index (χ3n) is 5.69. The molecule has 1 saturated heterocycles. The van der Waals surface area contributed by atoms with E-state index in [1.807, 2.05) is 25.3 Å². The number of rotatable bonds is 4. The normalized spacial score (nSPS) is 16.4. The standard InChI is InChI=1S/C24H26N4O2/c1-17-25-10-7-22(26-17)18-3-2-4-20(15-18)27-19-8-11-28(12-9-19)21-5-6-23-24(16-21)30-14-13-29-23/h2-7,10,15-16,19,27H,8-9,11-14H2,1H3. The van der Waals surface area contributed by atoms with Gasteiger partial charge in [-0.1, -0.05) is 12.1 Å². The lowest BCUT2D eigenvalue weighted by molar-refractivity contribution is 0.171. The minimum absolute atomic E-state index is 0.459. The van der Waals surface area contributed by atoms with Gasteiger partial charge >= 0.3 is 0 Å². The van der Waals surface area contributed by atoms with Crippen LogP contribution in [0.4, 0.5) is 11.4 Å². The van der Waals surface area contributed by atoms with Gasteiger partial charge in [0.25, 0.3) is 0 Å². The molecule has 0 radical (unpaired) electrons. The minimum atomic E-state index is 0.459. The zero-order valence-electron chi connectivity index (χ0n) is 17.2. The van der Waals surface area contributed by atoms with Gasteiger partial charge in [0.15, 0.2) is 11.5 Å². The van der Waals surface area contributed by atoms with Crippen molar-refractivity contribution < 1.29 is 9.47 Å². The average Bonchev–Trinajstić information content (AvgIpc) is 2.79. The maximum atomic E-state index is 5.74. The molecule has 154 valence electrons. The summed E-state index contributed by atoms with van der Waals surface area (Å²) in [6.45, 7) is 5.20.